The molecule has 5 heteroatoms. The molecular formula is C13H18N2O2S. The summed E-state index contributed by atoms with van der Waals surface area (Å²) in [6, 6.07) is 4.17. The summed E-state index contributed by atoms with van der Waals surface area (Å²) in [7, 11) is 0. The topological polar surface area (TPSA) is 49.4 Å². The Morgan fingerprint density at radius 3 is 2.89 bits per heavy atom. The molecule has 2 amide bonds. The summed E-state index contributed by atoms with van der Waals surface area (Å²) in [6.07, 6.45) is 0.326. The van der Waals surface area contributed by atoms with Crippen LogP contribution in [-0.2, 0) is 16.1 Å². The lowest BCUT2D eigenvalue weighted by atomic mass is 10.1. The Kier molecular flexibility index (Phi) is 4.01. The maximum Gasteiger partial charge on any atom is 0.228 e. The lowest BCUT2D eigenvalue weighted by Gasteiger charge is -2.28. The summed E-state index contributed by atoms with van der Waals surface area (Å²) >= 11 is 1.65. The Balaban J connectivity index is 2.05. The lowest BCUT2D eigenvalue weighted by Crippen LogP contribution is -2.40. The molecule has 0 spiro atoms. The van der Waals surface area contributed by atoms with Gasteiger partial charge in [-0.3, -0.25) is 9.59 Å². The van der Waals surface area contributed by atoms with Gasteiger partial charge in [0, 0.05) is 23.9 Å². The van der Waals surface area contributed by atoms with Crippen molar-refractivity contribution in [3.8, 4) is 0 Å². The Morgan fingerprint density at radius 2 is 2.39 bits per heavy atom. The van der Waals surface area contributed by atoms with Crippen LogP contribution in [0.3, 0.4) is 0 Å². The van der Waals surface area contributed by atoms with Gasteiger partial charge < -0.3 is 10.2 Å². The first-order chi connectivity index (χ1) is 8.58. The average molecular weight is 266 g/mol. The SMILES string of the molecule is CC(C)N(Cc1cccs1)C(=O)C1CNC(=O)C1. The van der Waals surface area contributed by atoms with E-state index in [0.717, 1.165) is 0 Å². The van der Waals surface area contributed by atoms with Crippen molar-refractivity contribution < 1.29 is 9.59 Å². The summed E-state index contributed by atoms with van der Waals surface area (Å²) in [5.41, 5.74) is 0. The van der Waals surface area contributed by atoms with E-state index in [1.54, 1.807) is 11.3 Å². The van der Waals surface area contributed by atoms with Crippen molar-refractivity contribution in [2.24, 2.45) is 5.92 Å². The first kappa shape index (κ1) is 13.1. The van der Waals surface area contributed by atoms with E-state index in [4.69, 9.17) is 0 Å². The molecule has 1 fully saturated rings. The van der Waals surface area contributed by atoms with Crippen molar-refractivity contribution in [1.29, 1.82) is 0 Å². The first-order valence-electron chi connectivity index (χ1n) is 6.17. The van der Waals surface area contributed by atoms with Gasteiger partial charge in [0.1, 0.15) is 0 Å². The maximum absolute atomic E-state index is 12.4. The molecule has 0 aromatic carbocycles. The van der Waals surface area contributed by atoms with E-state index >= 15 is 0 Å². The second-order valence-corrected chi connectivity index (χ2v) is 5.88. The normalized spacial score (nSPS) is 19.1. The smallest absolute Gasteiger partial charge is 0.228 e. The van der Waals surface area contributed by atoms with Crippen molar-refractivity contribution in [3.63, 3.8) is 0 Å². The van der Waals surface area contributed by atoms with Crippen LogP contribution in [0.5, 0.6) is 0 Å². The number of amides is 2. The Bertz CT molecular complexity index is 428. The van der Waals surface area contributed by atoms with E-state index in [9.17, 15) is 9.59 Å². The molecule has 1 aliphatic rings. The molecular weight excluding hydrogens is 248 g/mol. The Morgan fingerprint density at radius 1 is 1.61 bits per heavy atom. The highest BCUT2D eigenvalue weighted by atomic mass is 32.1. The number of carbonyl (C=O) groups excluding carboxylic acids is 2. The molecule has 1 saturated heterocycles. The zero-order valence-electron chi connectivity index (χ0n) is 10.7. The quantitative estimate of drug-likeness (QED) is 0.900. The van der Waals surface area contributed by atoms with Gasteiger partial charge in [0.05, 0.1) is 12.5 Å². The maximum atomic E-state index is 12.4. The highest BCUT2D eigenvalue weighted by Crippen LogP contribution is 2.19. The van der Waals surface area contributed by atoms with Crippen LogP contribution < -0.4 is 5.32 Å². The summed E-state index contributed by atoms with van der Waals surface area (Å²) in [4.78, 5) is 26.6. The summed E-state index contributed by atoms with van der Waals surface area (Å²) < 4.78 is 0. The zero-order chi connectivity index (χ0) is 13.1. The predicted octanol–water partition coefficient (Wildman–Crippen LogP) is 1.62. The van der Waals surface area contributed by atoms with Crippen molar-refractivity contribution in [2.45, 2.75) is 32.9 Å². The third-order valence-electron chi connectivity index (χ3n) is 3.14. The third-order valence-corrected chi connectivity index (χ3v) is 4.00. The van der Waals surface area contributed by atoms with E-state index in [2.05, 4.69) is 5.32 Å². The molecule has 98 valence electrons. The molecule has 1 aromatic rings. The van der Waals surface area contributed by atoms with E-state index in [1.165, 1.54) is 4.88 Å². The minimum atomic E-state index is -0.195. The number of hydrogen-bond acceptors (Lipinski definition) is 3. The number of nitrogens with zero attached hydrogens (tertiary/aromatic N) is 1. The molecule has 18 heavy (non-hydrogen) atoms. The molecule has 4 nitrogen and oxygen atoms in total. The second kappa shape index (κ2) is 5.52. The standard InChI is InChI=1S/C13H18N2O2S/c1-9(2)15(8-11-4-3-5-18-11)13(17)10-6-12(16)14-7-10/h3-5,9-10H,6-8H2,1-2H3,(H,14,16). The van der Waals surface area contributed by atoms with E-state index in [0.29, 0.717) is 19.5 Å². The summed E-state index contributed by atoms with van der Waals surface area (Å²) in [5.74, 6) is -0.134. The van der Waals surface area contributed by atoms with E-state index in [1.807, 2.05) is 36.3 Å². The van der Waals surface area contributed by atoms with Crippen LogP contribution in [-0.4, -0.2) is 29.3 Å². The minimum Gasteiger partial charge on any atom is -0.355 e. The zero-order valence-corrected chi connectivity index (χ0v) is 11.5. The van der Waals surface area contributed by atoms with Gasteiger partial charge in [-0.15, -0.1) is 11.3 Å². The van der Waals surface area contributed by atoms with Gasteiger partial charge in [0.15, 0.2) is 0 Å². The fourth-order valence-corrected chi connectivity index (χ4v) is 2.80. The fourth-order valence-electron chi connectivity index (χ4n) is 2.10. The number of carbonyl (C=O) groups is 2. The van der Waals surface area contributed by atoms with Gasteiger partial charge in [-0.1, -0.05) is 6.07 Å². The van der Waals surface area contributed by atoms with Crippen LogP contribution in [0.15, 0.2) is 17.5 Å². The van der Waals surface area contributed by atoms with Crippen LogP contribution >= 0.6 is 11.3 Å². The van der Waals surface area contributed by atoms with Crippen molar-refractivity contribution in [3.05, 3.63) is 22.4 Å². The monoisotopic (exact) mass is 266 g/mol. The second-order valence-electron chi connectivity index (χ2n) is 4.84. The highest BCUT2D eigenvalue weighted by molar-refractivity contribution is 7.09. The van der Waals surface area contributed by atoms with Gasteiger partial charge in [-0.25, -0.2) is 0 Å². The van der Waals surface area contributed by atoms with Gasteiger partial charge in [-0.2, -0.15) is 0 Å². The van der Waals surface area contributed by atoms with Crippen LogP contribution in [0.25, 0.3) is 0 Å². The van der Waals surface area contributed by atoms with Crippen LogP contribution in [0, 0.1) is 5.92 Å². The molecule has 0 radical (unpaired) electrons. The van der Waals surface area contributed by atoms with E-state index < -0.39 is 0 Å². The van der Waals surface area contributed by atoms with Crippen molar-refractivity contribution in [1.82, 2.24) is 10.2 Å². The van der Waals surface area contributed by atoms with Crippen molar-refractivity contribution in [2.75, 3.05) is 6.54 Å². The fraction of sp³-hybridized carbons (Fsp3) is 0.538. The molecule has 1 N–H and O–H groups in total. The van der Waals surface area contributed by atoms with Gasteiger partial charge in [0.2, 0.25) is 11.8 Å². The molecule has 0 saturated carbocycles. The van der Waals surface area contributed by atoms with Gasteiger partial charge >= 0.3 is 0 Å². The Hall–Kier alpha value is -1.36. The summed E-state index contributed by atoms with van der Waals surface area (Å²) in [6.45, 7) is 5.13. The molecule has 0 aliphatic carbocycles. The molecule has 0 bridgehead atoms. The third kappa shape index (κ3) is 2.90. The van der Waals surface area contributed by atoms with Crippen LogP contribution in [0.1, 0.15) is 25.1 Å². The van der Waals surface area contributed by atoms with Crippen LogP contribution in [0.2, 0.25) is 0 Å². The van der Waals surface area contributed by atoms with Crippen LogP contribution in [0.4, 0.5) is 0 Å². The number of rotatable bonds is 4. The van der Waals surface area contributed by atoms with Crippen molar-refractivity contribution >= 4 is 23.2 Å². The minimum absolute atomic E-state index is 0.0202. The lowest BCUT2D eigenvalue weighted by molar-refractivity contribution is -0.138. The molecule has 1 aliphatic heterocycles. The largest absolute Gasteiger partial charge is 0.355 e. The molecule has 2 heterocycles. The van der Waals surface area contributed by atoms with E-state index in [-0.39, 0.29) is 23.8 Å². The Labute approximate surface area is 111 Å². The van der Waals surface area contributed by atoms with Gasteiger partial charge in [-0.05, 0) is 25.3 Å². The number of hydrogen-bond donors (Lipinski definition) is 1. The molecule has 1 unspecified atom stereocenters. The highest BCUT2D eigenvalue weighted by Gasteiger charge is 2.32. The molecule has 1 atom stereocenters. The van der Waals surface area contributed by atoms with Gasteiger partial charge in [0.25, 0.3) is 0 Å². The number of nitrogens with one attached hydrogen (secondary N) is 1. The molecule has 1 aromatic heterocycles. The first-order valence-corrected chi connectivity index (χ1v) is 7.05. The average Bonchev–Trinajstić information content (AvgIpc) is 2.95. The number of thiophene rings is 1. The predicted molar refractivity (Wildman–Crippen MR) is 71.1 cm³/mol. The molecule has 2 rings (SSSR count). The summed E-state index contributed by atoms with van der Waals surface area (Å²) in [5, 5.41) is 4.73.